The number of carboxylic acid groups (broad SMARTS) is 1. The van der Waals surface area contributed by atoms with Crippen LogP contribution in [0, 0.1) is 22.7 Å². The summed E-state index contributed by atoms with van der Waals surface area (Å²) in [5.41, 5.74) is 4.03. The minimum absolute atomic E-state index is 0.369. The fourth-order valence-electron chi connectivity index (χ4n) is 8.61. The Bertz CT molecular complexity index is 1090. The minimum Gasteiger partial charge on any atom is -0.481 e. The molecule has 2 aliphatic carbocycles. The maximum Gasteiger partial charge on any atom is 0.303 e. The van der Waals surface area contributed by atoms with Crippen LogP contribution in [0.4, 0.5) is 0 Å². The highest BCUT2D eigenvalue weighted by Gasteiger charge is 2.39. The van der Waals surface area contributed by atoms with E-state index in [0.29, 0.717) is 17.8 Å². The smallest absolute Gasteiger partial charge is 0.303 e. The van der Waals surface area contributed by atoms with Gasteiger partial charge in [-0.3, -0.25) is 14.8 Å². The number of aliphatic carboxylic acids is 1. The summed E-state index contributed by atoms with van der Waals surface area (Å²) in [6, 6.07) is 8.51. The van der Waals surface area contributed by atoms with Crippen LogP contribution in [0.3, 0.4) is 0 Å². The molecule has 4 aliphatic rings. The second kappa shape index (κ2) is 16.3. The Morgan fingerprint density at radius 2 is 1.07 bits per heavy atom. The van der Waals surface area contributed by atoms with Gasteiger partial charge in [0.1, 0.15) is 0 Å². The van der Waals surface area contributed by atoms with Crippen LogP contribution in [-0.2, 0) is 17.6 Å². The molecule has 0 amide bonds. The molecule has 2 spiro atoms. The van der Waals surface area contributed by atoms with Gasteiger partial charge in [-0.1, -0.05) is 13.3 Å². The van der Waals surface area contributed by atoms with Crippen molar-refractivity contribution >= 4 is 5.97 Å². The molecule has 4 fully saturated rings. The van der Waals surface area contributed by atoms with Gasteiger partial charge >= 0.3 is 5.97 Å². The average molecular weight is 603 g/mol. The van der Waals surface area contributed by atoms with Crippen molar-refractivity contribution in [2.45, 2.75) is 110 Å². The largest absolute Gasteiger partial charge is 0.481 e. The summed E-state index contributed by atoms with van der Waals surface area (Å²) >= 11 is 0. The zero-order valence-electron chi connectivity index (χ0n) is 27.5. The number of likely N-dealkylation sites (tertiary alicyclic amines) is 2. The Morgan fingerprint density at radius 3 is 1.43 bits per heavy atom. The van der Waals surface area contributed by atoms with Gasteiger partial charge in [-0.2, -0.15) is 0 Å². The number of pyridine rings is 2. The molecule has 242 valence electrons. The lowest BCUT2D eigenvalue weighted by atomic mass is 9.65. The van der Waals surface area contributed by atoms with Crippen LogP contribution >= 0.6 is 0 Å². The van der Waals surface area contributed by atoms with Crippen LogP contribution in [0.5, 0.6) is 0 Å². The van der Waals surface area contributed by atoms with Crippen LogP contribution < -0.4 is 0 Å². The SMILES string of the molecule is CCC1CCC2(CC1)CCN(CCc1ccncc1)CC2.O=C(O)CC1CCC2(CC1)CCN(CCc1ccncc1)CC2. The predicted octanol–water partition coefficient (Wildman–Crippen LogP) is 7.68. The second-order valence-corrected chi connectivity index (χ2v) is 14.8. The van der Waals surface area contributed by atoms with E-state index in [-0.39, 0.29) is 0 Å². The molecule has 2 saturated carbocycles. The first-order valence-electron chi connectivity index (χ1n) is 17.9. The van der Waals surface area contributed by atoms with E-state index in [1.165, 1.54) is 121 Å². The third kappa shape index (κ3) is 9.84. The van der Waals surface area contributed by atoms with Crippen LogP contribution in [0.25, 0.3) is 0 Å². The summed E-state index contributed by atoms with van der Waals surface area (Å²) in [4.78, 5) is 24.3. The van der Waals surface area contributed by atoms with Gasteiger partial charge in [0.25, 0.3) is 0 Å². The predicted molar refractivity (Wildman–Crippen MR) is 179 cm³/mol. The van der Waals surface area contributed by atoms with E-state index >= 15 is 0 Å². The van der Waals surface area contributed by atoms with E-state index < -0.39 is 5.97 Å². The van der Waals surface area contributed by atoms with Crippen LogP contribution in [0.15, 0.2) is 49.1 Å². The Kier molecular flexibility index (Phi) is 12.3. The number of rotatable bonds is 9. The molecule has 0 aromatic carbocycles. The summed E-state index contributed by atoms with van der Waals surface area (Å²) in [5.74, 6) is 0.820. The number of aromatic nitrogens is 2. The molecule has 1 N–H and O–H groups in total. The minimum atomic E-state index is -0.628. The van der Waals surface area contributed by atoms with Crippen molar-refractivity contribution in [3.63, 3.8) is 0 Å². The molecule has 2 aliphatic heterocycles. The quantitative estimate of drug-likeness (QED) is 0.318. The van der Waals surface area contributed by atoms with E-state index in [4.69, 9.17) is 5.11 Å². The monoisotopic (exact) mass is 602 g/mol. The first-order valence-corrected chi connectivity index (χ1v) is 17.9. The average Bonchev–Trinajstić information content (AvgIpc) is 3.07. The number of carbonyl (C=O) groups is 1. The van der Waals surface area contributed by atoms with E-state index in [2.05, 4.69) is 51.0 Å². The van der Waals surface area contributed by atoms with Gasteiger partial charge < -0.3 is 14.9 Å². The molecule has 0 unspecified atom stereocenters. The lowest BCUT2D eigenvalue weighted by molar-refractivity contribution is -0.138. The molecule has 2 aromatic heterocycles. The normalized spacial score (nSPS) is 24.1. The zero-order chi connectivity index (χ0) is 30.7. The summed E-state index contributed by atoms with van der Waals surface area (Å²) < 4.78 is 0. The highest BCUT2D eigenvalue weighted by Crippen LogP contribution is 2.48. The van der Waals surface area contributed by atoms with Gasteiger partial charge in [0.2, 0.25) is 0 Å². The molecule has 2 aromatic rings. The highest BCUT2D eigenvalue weighted by atomic mass is 16.4. The fraction of sp³-hybridized carbons (Fsp3) is 0.711. The van der Waals surface area contributed by atoms with Crippen LogP contribution in [-0.4, -0.2) is 70.1 Å². The molecule has 4 heterocycles. The van der Waals surface area contributed by atoms with Gasteiger partial charge in [0.05, 0.1) is 0 Å². The van der Waals surface area contributed by atoms with E-state index in [9.17, 15) is 4.79 Å². The van der Waals surface area contributed by atoms with Crippen molar-refractivity contribution in [3.05, 3.63) is 60.2 Å². The molecule has 0 bridgehead atoms. The van der Waals surface area contributed by atoms with Crippen molar-refractivity contribution in [3.8, 4) is 0 Å². The Morgan fingerprint density at radius 1 is 0.682 bits per heavy atom. The summed E-state index contributed by atoms with van der Waals surface area (Å²) in [7, 11) is 0. The first-order chi connectivity index (χ1) is 21.4. The molecule has 44 heavy (non-hydrogen) atoms. The third-order valence-electron chi connectivity index (χ3n) is 12.1. The van der Waals surface area contributed by atoms with E-state index in [1.807, 2.05) is 24.8 Å². The molecular weight excluding hydrogens is 544 g/mol. The maximum absolute atomic E-state index is 10.9. The molecule has 2 saturated heterocycles. The Balaban J connectivity index is 0.000000175. The zero-order valence-corrected chi connectivity index (χ0v) is 27.5. The topological polar surface area (TPSA) is 69.6 Å². The molecule has 6 heteroatoms. The highest BCUT2D eigenvalue weighted by molar-refractivity contribution is 5.67. The molecule has 6 rings (SSSR count). The van der Waals surface area contributed by atoms with Gasteiger partial charge in [-0.15, -0.1) is 0 Å². The summed E-state index contributed by atoms with van der Waals surface area (Å²) in [6.07, 6.45) is 27.8. The van der Waals surface area contributed by atoms with Gasteiger partial charge in [0.15, 0.2) is 0 Å². The molecule has 6 nitrogen and oxygen atoms in total. The fourth-order valence-corrected chi connectivity index (χ4v) is 8.61. The van der Waals surface area contributed by atoms with E-state index in [1.54, 1.807) is 0 Å². The number of nitrogens with zero attached hydrogens (tertiary/aromatic N) is 4. The molecular formula is C38H58N4O2. The first kappa shape index (κ1) is 33.1. The van der Waals surface area contributed by atoms with Crippen molar-refractivity contribution in [2.75, 3.05) is 39.3 Å². The van der Waals surface area contributed by atoms with Gasteiger partial charge in [0, 0.05) is 44.3 Å². The van der Waals surface area contributed by atoms with Crippen molar-refractivity contribution in [1.82, 2.24) is 19.8 Å². The van der Waals surface area contributed by atoms with Crippen molar-refractivity contribution in [1.29, 1.82) is 0 Å². The third-order valence-corrected chi connectivity index (χ3v) is 12.1. The van der Waals surface area contributed by atoms with Gasteiger partial charge in [-0.05, 0) is 174 Å². The van der Waals surface area contributed by atoms with Crippen molar-refractivity contribution in [2.24, 2.45) is 22.7 Å². The van der Waals surface area contributed by atoms with Crippen LogP contribution in [0.2, 0.25) is 0 Å². The van der Waals surface area contributed by atoms with Gasteiger partial charge in [-0.25, -0.2) is 0 Å². The number of hydrogen-bond acceptors (Lipinski definition) is 5. The summed E-state index contributed by atoms with van der Waals surface area (Å²) in [5, 5.41) is 8.94. The number of piperidine rings is 2. The second-order valence-electron chi connectivity index (χ2n) is 14.8. The van der Waals surface area contributed by atoms with Crippen LogP contribution in [0.1, 0.15) is 108 Å². The molecule has 0 atom stereocenters. The molecule has 0 radical (unpaired) electrons. The maximum atomic E-state index is 10.9. The number of carboxylic acids is 1. The van der Waals surface area contributed by atoms with E-state index in [0.717, 1.165) is 37.1 Å². The number of hydrogen-bond donors (Lipinski definition) is 1. The standard InChI is InChI=1S/C19H28N2O2.C19H30N2/c22-18(23)15-17-1-6-19(7-2-17)8-13-21(14-9-19)12-5-16-3-10-20-11-4-16;1-2-17-3-8-19(9-4-17)10-15-21(16-11-19)14-7-18-5-12-20-13-6-18/h3-4,10-11,17H,1-2,5-9,12-15H2,(H,22,23);5-6,12-13,17H,2-4,7-11,14-16H2,1H3. The van der Waals surface area contributed by atoms with Crippen molar-refractivity contribution < 1.29 is 9.90 Å². The summed E-state index contributed by atoms with van der Waals surface area (Å²) in [6.45, 7) is 9.77. The Labute approximate surface area is 267 Å². The lowest BCUT2D eigenvalue weighted by Crippen LogP contribution is -2.42. The lowest BCUT2D eigenvalue weighted by Gasteiger charge is -2.46. The Hall–Kier alpha value is -2.31.